The van der Waals surface area contributed by atoms with Gasteiger partial charge in [-0.3, -0.25) is 13.9 Å². The molecule has 3 rings (SSSR count). The van der Waals surface area contributed by atoms with Gasteiger partial charge in [-0.2, -0.15) is 0 Å². The van der Waals surface area contributed by atoms with Crippen LogP contribution in [-0.2, 0) is 26.2 Å². The van der Waals surface area contributed by atoms with E-state index in [-0.39, 0.29) is 22.7 Å². The van der Waals surface area contributed by atoms with Crippen molar-refractivity contribution >= 4 is 43.5 Å². The number of carbonyl (C=O) groups is 2. The van der Waals surface area contributed by atoms with Crippen LogP contribution in [0.3, 0.4) is 0 Å². The Hall–Kier alpha value is -3.44. The fourth-order valence-electron chi connectivity index (χ4n) is 3.89. The number of benzene rings is 3. The summed E-state index contributed by atoms with van der Waals surface area (Å²) in [5.74, 6) is -1.21. The van der Waals surface area contributed by atoms with Crippen LogP contribution in [0.1, 0.15) is 25.0 Å². The second-order valence-electron chi connectivity index (χ2n) is 8.83. The first-order valence-electron chi connectivity index (χ1n) is 12.2. The van der Waals surface area contributed by atoms with E-state index in [1.165, 1.54) is 55.3 Å². The van der Waals surface area contributed by atoms with Crippen LogP contribution in [0.25, 0.3) is 0 Å². The molecule has 0 aromatic heterocycles. The second-order valence-corrected chi connectivity index (χ2v) is 11.5. The molecule has 0 spiro atoms. The summed E-state index contributed by atoms with van der Waals surface area (Å²) in [6, 6.07) is 15.9. The molecule has 11 heteroatoms. The molecule has 0 aliphatic rings. The van der Waals surface area contributed by atoms with Gasteiger partial charge in [0.15, 0.2) is 0 Å². The highest BCUT2D eigenvalue weighted by Gasteiger charge is 2.33. The number of nitrogens with one attached hydrogen (secondary N) is 1. The van der Waals surface area contributed by atoms with Gasteiger partial charge in [0.2, 0.25) is 11.8 Å². The summed E-state index contributed by atoms with van der Waals surface area (Å²) in [4.78, 5) is 27.6. The fraction of sp³-hybridized carbons (Fsp3) is 0.286. The fourth-order valence-corrected chi connectivity index (χ4v) is 6.02. The maximum absolute atomic E-state index is 14.5. The van der Waals surface area contributed by atoms with Crippen molar-refractivity contribution in [2.45, 2.75) is 38.3 Å². The zero-order valence-electron chi connectivity index (χ0n) is 22.1. The molecule has 8 nitrogen and oxygen atoms in total. The van der Waals surface area contributed by atoms with Gasteiger partial charge in [0.05, 0.1) is 22.2 Å². The third-order valence-corrected chi connectivity index (χ3v) is 8.52. The number of hydrogen-bond donors (Lipinski definition) is 1. The lowest BCUT2D eigenvalue weighted by Gasteiger charge is -2.32. The minimum atomic E-state index is -4.25. The number of carbonyl (C=O) groups excluding carboxylic acids is 2. The minimum Gasteiger partial charge on any atom is -0.496 e. The van der Waals surface area contributed by atoms with Gasteiger partial charge in [-0.05, 0) is 73.1 Å². The highest BCUT2D eigenvalue weighted by Crippen LogP contribution is 2.31. The molecule has 0 saturated carbocycles. The van der Waals surface area contributed by atoms with Crippen LogP contribution in [0, 0.1) is 12.7 Å². The van der Waals surface area contributed by atoms with Gasteiger partial charge < -0.3 is 15.0 Å². The number of rotatable bonds is 11. The summed E-state index contributed by atoms with van der Waals surface area (Å²) in [5, 5.41) is 2.67. The van der Waals surface area contributed by atoms with Crippen molar-refractivity contribution in [2.75, 3.05) is 24.5 Å². The molecule has 2 amide bonds. The van der Waals surface area contributed by atoms with Crippen molar-refractivity contribution in [3.63, 3.8) is 0 Å². The standard InChI is InChI=1S/C28H31BrFN3O5S/c1-5-31-28(35)20(3)32(17-21-8-6-7-9-25(21)30)27(34)18-33(22-12-10-19(2)11-13-22)39(36,37)23-14-15-26(38-4)24(29)16-23/h6-16,20H,5,17-18H2,1-4H3,(H,31,35). The molecule has 0 fully saturated rings. The molecule has 39 heavy (non-hydrogen) atoms. The van der Waals surface area contributed by atoms with E-state index in [9.17, 15) is 22.4 Å². The molecule has 0 radical (unpaired) electrons. The van der Waals surface area contributed by atoms with E-state index in [1.807, 2.05) is 6.92 Å². The summed E-state index contributed by atoms with van der Waals surface area (Å²) >= 11 is 3.32. The normalized spacial score (nSPS) is 11.9. The Kier molecular flexibility index (Phi) is 10.1. The van der Waals surface area contributed by atoms with E-state index >= 15 is 0 Å². The number of ether oxygens (including phenoxy) is 1. The van der Waals surface area contributed by atoms with Gasteiger partial charge in [-0.1, -0.05) is 35.9 Å². The topological polar surface area (TPSA) is 96.0 Å². The van der Waals surface area contributed by atoms with E-state index < -0.39 is 40.2 Å². The highest BCUT2D eigenvalue weighted by molar-refractivity contribution is 9.10. The van der Waals surface area contributed by atoms with E-state index in [0.717, 1.165) is 9.87 Å². The van der Waals surface area contributed by atoms with Crippen LogP contribution >= 0.6 is 15.9 Å². The molecule has 1 atom stereocenters. The largest absolute Gasteiger partial charge is 0.496 e. The summed E-state index contributed by atoms with van der Waals surface area (Å²) in [7, 11) is -2.79. The number of amides is 2. The predicted molar refractivity (Wildman–Crippen MR) is 152 cm³/mol. The first kappa shape index (κ1) is 30.1. The van der Waals surface area contributed by atoms with Crippen LogP contribution in [-0.4, -0.2) is 51.4 Å². The van der Waals surface area contributed by atoms with E-state index in [1.54, 1.807) is 37.3 Å². The Morgan fingerprint density at radius 2 is 1.74 bits per heavy atom. The third kappa shape index (κ3) is 7.15. The SMILES string of the molecule is CCNC(=O)C(C)N(Cc1ccccc1F)C(=O)CN(c1ccc(C)cc1)S(=O)(=O)c1ccc(OC)c(Br)c1. The molecule has 0 heterocycles. The molecule has 1 N–H and O–H groups in total. The lowest BCUT2D eigenvalue weighted by Crippen LogP contribution is -2.51. The monoisotopic (exact) mass is 619 g/mol. The van der Waals surface area contributed by atoms with Crippen molar-refractivity contribution in [1.29, 1.82) is 0 Å². The number of anilines is 1. The summed E-state index contributed by atoms with van der Waals surface area (Å²) in [5.41, 5.74) is 1.36. The molecule has 0 bridgehead atoms. The Morgan fingerprint density at radius 3 is 2.33 bits per heavy atom. The number of hydrogen-bond acceptors (Lipinski definition) is 5. The van der Waals surface area contributed by atoms with Crippen LogP contribution in [0.2, 0.25) is 0 Å². The van der Waals surface area contributed by atoms with Gasteiger partial charge in [0, 0.05) is 18.7 Å². The molecular weight excluding hydrogens is 589 g/mol. The maximum atomic E-state index is 14.5. The average Bonchev–Trinajstić information content (AvgIpc) is 2.91. The quantitative estimate of drug-likeness (QED) is 0.337. The lowest BCUT2D eigenvalue weighted by molar-refractivity contribution is -0.139. The van der Waals surface area contributed by atoms with Crippen molar-refractivity contribution < 1.29 is 27.1 Å². The number of nitrogens with zero attached hydrogens (tertiary/aromatic N) is 2. The third-order valence-electron chi connectivity index (χ3n) is 6.13. The Balaban J connectivity index is 2.06. The van der Waals surface area contributed by atoms with E-state index in [4.69, 9.17) is 4.74 Å². The van der Waals surface area contributed by atoms with Crippen LogP contribution in [0.5, 0.6) is 5.75 Å². The molecule has 3 aromatic rings. The highest BCUT2D eigenvalue weighted by atomic mass is 79.9. The second kappa shape index (κ2) is 13.1. The zero-order chi connectivity index (χ0) is 28.7. The molecule has 3 aromatic carbocycles. The number of aryl methyl sites for hydroxylation is 1. The smallest absolute Gasteiger partial charge is 0.264 e. The Labute approximate surface area is 236 Å². The van der Waals surface area contributed by atoms with E-state index in [0.29, 0.717) is 16.8 Å². The van der Waals surface area contributed by atoms with Crippen LogP contribution < -0.4 is 14.4 Å². The maximum Gasteiger partial charge on any atom is 0.264 e. The lowest BCUT2D eigenvalue weighted by atomic mass is 10.1. The molecule has 0 aliphatic heterocycles. The Morgan fingerprint density at radius 1 is 1.08 bits per heavy atom. The van der Waals surface area contributed by atoms with Gasteiger partial charge >= 0.3 is 0 Å². The van der Waals surface area contributed by atoms with Crippen LogP contribution in [0.4, 0.5) is 10.1 Å². The van der Waals surface area contributed by atoms with Crippen molar-refractivity contribution in [3.8, 4) is 5.75 Å². The molecule has 1 unspecified atom stereocenters. The number of halogens is 2. The minimum absolute atomic E-state index is 0.0685. The van der Waals surface area contributed by atoms with Gasteiger partial charge in [-0.15, -0.1) is 0 Å². The average molecular weight is 621 g/mol. The number of methoxy groups -OCH3 is 1. The first-order chi connectivity index (χ1) is 18.5. The van der Waals surface area contributed by atoms with Crippen molar-refractivity contribution in [1.82, 2.24) is 10.2 Å². The number of sulfonamides is 1. The van der Waals surface area contributed by atoms with Crippen molar-refractivity contribution in [2.24, 2.45) is 0 Å². The summed E-state index contributed by atoms with van der Waals surface area (Å²) in [6.07, 6.45) is 0. The van der Waals surface area contributed by atoms with Gasteiger partial charge in [-0.25, -0.2) is 12.8 Å². The molecule has 208 valence electrons. The summed E-state index contributed by atoms with van der Waals surface area (Å²) < 4.78 is 49.0. The van der Waals surface area contributed by atoms with E-state index in [2.05, 4.69) is 21.2 Å². The Bertz CT molecular complexity index is 1430. The van der Waals surface area contributed by atoms with Gasteiger partial charge in [0.25, 0.3) is 10.0 Å². The summed E-state index contributed by atoms with van der Waals surface area (Å²) in [6.45, 7) is 4.62. The van der Waals surface area contributed by atoms with Gasteiger partial charge in [0.1, 0.15) is 24.2 Å². The molecular formula is C28H31BrFN3O5S. The molecule has 0 saturated heterocycles. The number of likely N-dealkylation sites (N-methyl/N-ethyl adjacent to an activating group) is 1. The van der Waals surface area contributed by atoms with Crippen molar-refractivity contribution in [3.05, 3.63) is 88.1 Å². The zero-order valence-corrected chi connectivity index (χ0v) is 24.6. The first-order valence-corrected chi connectivity index (χ1v) is 14.5. The molecule has 0 aliphatic carbocycles. The predicted octanol–water partition coefficient (Wildman–Crippen LogP) is 4.65. The van der Waals surface area contributed by atoms with Crippen LogP contribution in [0.15, 0.2) is 76.1 Å².